The Labute approximate surface area is 246 Å². The maximum absolute atomic E-state index is 14.0. The van der Waals surface area contributed by atoms with Gasteiger partial charge in [0.15, 0.2) is 11.5 Å². The highest BCUT2D eigenvalue weighted by atomic mass is 35.5. The number of nitrogens with one attached hydrogen (secondary N) is 1. The van der Waals surface area contributed by atoms with Gasteiger partial charge in [-0.15, -0.1) is 0 Å². The predicted molar refractivity (Wildman–Crippen MR) is 158 cm³/mol. The van der Waals surface area contributed by atoms with Crippen molar-refractivity contribution in [2.45, 2.75) is 50.7 Å². The first-order chi connectivity index (χ1) is 19.6. The molecule has 1 aliphatic rings. The Morgan fingerprint density at radius 1 is 0.951 bits per heavy atom. The van der Waals surface area contributed by atoms with Gasteiger partial charge in [0.05, 0.1) is 10.6 Å². The quantitative estimate of drug-likeness (QED) is 0.344. The molecule has 2 atom stereocenters. The molecule has 9 nitrogen and oxygen atoms in total. The molecule has 0 saturated heterocycles. The van der Waals surface area contributed by atoms with Gasteiger partial charge in [-0.1, -0.05) is 48.9 Å². The molecule has 0 saturated carbocycles. The highest BCUT2D eigenvalue weighted by Crippen LogP contribution is 2.36. The predicted octanol–water partition coefficient (Wildman–Crippen LogP) is 4.64. The topological polar surface area (TPSA) is 105 Å². The van der Waals surface area contributed by atoms with Crippen molar-refractivity contribution in [2.75, 3.05) is 24.1 Å². The standard InChI is InChI=1S/C30H34ClN3O6S/c1-4-21(2)32-30(36)22(3)33(19-23-9-8-10-24(31)17-23)29(35)20-34(41(37,38)26-11-6-5-7-12-26)25-13-14-27-28(18-25)40-16-15-39-27/h5-14,17-18,21-22H,4,15-16,19-20H2,1-3H3,(H,32,36)/t21-,22+/m0/s1. The van der Waals surface area contributed by atoms with Crippen LogP contribution in [0.2, 0.25) is 5.02 Å². The third-order valence-electron chi connectivity index (χ3n) is 6.83. The van der Waals surface area contributed by atoms with Gasteiger partial charge < -0.3 is 19.7 Å². The van der Waals surface area contributed by atoms with Crippen molar-refractivity contribution in [1.82, 2.24) is 10.2 Å². The number of fused-ring (bicyclic) bond motifs is 1. The molecule has 1 aliphatic heterocycles. The average Bonchev–Trinajstić information content (AvgIpc) is 2.98. The number of nitrogens with zero attached hydrogens (tertiary/aromatic N) is 2. The van der Waals surface area contributed by atoms with E-state index in [9.17, 15) is 18.0 Å². The molecular weight excluding hydrogens is 566 g/mol. The highest BCUT2D eigenvalue weighted by molar-refractivity contribution is 7.92. The van der Waals surface area contributed by atoms with Gasteiger partial charge in [0.1, 0.15) is 25.8 Å². The molecule has 0 aliphatic carbocycles. The lowest BCUT2D eigenvalue weighted by Gasteiger charge is -2.32. The van der Waals surface area contributed by atoms with Crippen LogP contribution in [0.25, 0.3) is 0 Å². The van der Waals surface area contributed by atoms with Crippen LogP contribution in [0, 0.1) is 0 Å². The molecule has 1 N–H and O–H groups in total. The Balaban J connectivity index is 1.73. The first kappa shape index (κ1) is 30.2. The summed E-state index contributed by atoms with van der Waals surface area (Å²) in [5, 5.41) is 3.40. The molecule has 2 amide bonds. The van der Waals surface area contributed by atoms with Crippen LogP contribution in [-0.4, -0.2) is 57.0 Å². The summed E-state index contributed by atoms with van der Waals surface area (Å²) >= 11 is 6.20. The number of anilines is 1. The smallest absolute Gasteiger partial charge is 0.264 e. The Hall–Kier alpha value is -3.76. The van der Waals surface area contributed by atoms with Crippen LogP contribution in [0.1, 0.15) is 32.8 Å². The summed E-state index contributed by atoms with van der Waals surface area (Å²) in [6, 6.07) is 18.6. The van der Waals surface area contributed by atoms with Crippen molar-refractivity contribution in [3.05, 3.63) is 83.4 Å². The lowest BCUT2D eigenvalue weighted by atomic mass is 10.1. The van der Waals surface area contributed by atoms with Crippen LogP contribution in [0.15, 0.2) is 77.7 Å². The number of hydrogen-bond acceptors (Lipinski definition) is 6. The molecule has 1 heterocycles. The zero-order chi connectivity index (χ0) is 29.6. The number of benzene rings is 3. The van der Waals surface area contributed by atoms with Gasteiger partial charge in [0.2, 0.25) is 11.8 Å². The molecule has 11 heteroatoms. The van der Waals surface area contributed by atoms with Crippen LogP contribution in [0.5, 0.6) is 11.5 Å². The van der Waals surface area contributed by atoms with Gasteiger partial charge >= 0.3 is 0 Å². The number of carbonyl (C=O) groups excluding carboxylic acids is 2. The van der Waals surface area contributed by atoms with Gasteiger partial charge in [0.25, 0.3) is 10.0 Å². The fourth-order valence-corrected chi connectivity index (χ4v) is 5.96. The van der Waals surface area contributed by atoms with Crippen molar-refractivity contribution in [2.24, 2.45) is 0 Å². The molecule has 3 aromatic rings. The van der Waals surface area contributed by atoms with Crippen molar-refractivity contribution in [3.63, 3.8) is 0 Å². The molecule has 0 bridgehead atoms. The van der Waals surface area contributed by atoms with Crippen LogP contribution >= 0.6 is 11.6 Å². The minimum atomic E-state index is -4.19. The second kappa shape index (κ2) is 13.3. The van der Waals surface area contributed by atoms with E-state index in [1.807, 2.05) is 13.8 Å². The zero-order valence-corrected chi connectivity index (χ0v) is 24.8. The van der Waals surface area contributed by atoms with Gasteiger partial charge in [-0.2, -0.15) is 0 Å². The largest absolute Gasteiger partial charge is 0.486 e. The lowest BCUT2D eigenvalue weighted by molar-refractivity contribution is -0.139. The molecule has 41 heavy (non-hydrogen) atoms. The van der Waals surface area contributed by atoms with E-state index in [0.717, 1.165) is 4.31 Å². The van der Waals surface area contributed by atoms with E-state index in [1.54, 1.807) is 67.6 Å². The van der Waals surface area contributed by atoms with Crippen LogP contribution in [0.3, 0.4) is 0 Å². The van der Waals surface area contributed by atoms with Gasteiger partial charge in [0, 0.05) is 23.7 Å². The minimum absolute atomic E-state index is 0.0200. The Morgan fingerprint density at radius 2 is 1.66 bits per heavy atom. The van der Waals surface area contributed by atoms with E-state index in [-0.39, 0.29) is 29.1 Å². The van der Waals surface area contributed by atoms with Crippen LogP contribution < -0.4 is 19.1 Å². The zero-order valence-electron chi connectivity index (χ0n) is 23.2. The second-order valence-corrected chi connectivity index (χ2v) is 12.1. The van der Waals surface area contributed by atoms with E-state index >= 15 is 0 Å². The number of carbonyl (C=O) groups is 2. The minimum Gasteiger partial charge on any atom is -0.486 e. The first-order valence-electron chi connectivity index (χ1n) is 13.4. The van der Waals surface area contributed by atoms with Gasteiger partial charge in [-0.3, -0.25) is 13.9 Å². The molecular formula is C30H34ClN3O6S. The normalized spacial score (nSPS) is 14.0. The van der Waals surface area contributed by atoms with Gasteiger partial charge in [-0.25, -0.2) is 8.42 Å². The molecule has 3 aromatic carbocycles. The average molecular weight is 600 g/mol. The monoisotopic (exact) mass is 599 g/mol. The molecule has 0 spiro atoms. The summed E-state index contributed by atoms with van der Waals surface area (Å²) in [6.45, 7) is 5.64. The Kier molecular flexibility index (Phi) is 9.77. The van der Waals surface area contributed by atoms with Crippen molar-refractivity contribution in [1.29, 1.82) is 0 Å². The number of sulfonamides is 1. The third-order valence-corrected chi connectivity index (χ3v) is 8.86. The van der Waals surface area contributed by atoms with E-state index in [2.05, 4.69) is 5.32 Å². The number of rotatable bonds is 11. The van der Waals surface area contributed by atoms with Crippen LogP contribution in [0.4, 0.5) is 5.69 Å². The summed E-state index contributed by atoms with van der Waals surface area (Å²) in [4.78, 5) is 28.6. The first-order valence-corrected chi connectivity index (χ1v) is 15.2. The van der Waals surface area contributed by atoms with Crippen molar-refractivity contribution >= 4 is 39.1 Å². The summed E-state index contributed by atoms with van der Waals surface area (Å²) in [5.74, 6) is -0.0365. The molecule has 0 radical (unpaired) electrons. The Bertz CT molecular complexity index is 1480. The fourth-order valence-electron chi connectivity index (χ4n) is 4.32. The SMILES string of the molecule is CC[C@H](C)NC(=O)[C@@H](C)N(Cc1cccc(Cl)c1)C(=O)CN(c1ccc2c(c1)OCCO2)S(=O)(=O)c1ccccc1. The molecule has 0 fully saturated rings. The molecule has 0 aromatic heterocycles. The molecule has 218 valence electrons. The summed E-state index contributed by atoms with van der Waals surface area (Å²) in [5.41, 5.74) is 0.928. The number of amides is 2. The molecule has 4 rings (SSSR count). The number of halogens is 1. The van der Waals surface area contributed by atoms with Crippen molar-refractivity contribution in [3.8, 4) is 11.5 Å². The van der Waals surface area contributed by atoms with E-state index < -0.39 is 28.5 Å². The third kappa shape index (κ3) is 7.31. The Morgan fingerprint density at radius 3 is 2.34 bits per heavy atom. The van der Waals surface area contributed by atoms with E-state index in [1.165, 1.54) is 17.0 Å². The maximum Gasteiger partial charge on any atom is 0.264 e. The van der Waals surface area contributed by atoms with Crippen LogP contribution in [-0.2, 0) is 26.2 Å². The van der Waals surface area contributed by atoms with Gasteiger partial charge in [-0.05, 0) is 62.2 Å². The molecule has 0 unspecified atom stereocenters. The highest BCUT2D eigenvalue weighted by Gasteiger charge is 2.33. The summed E-state index contributed by atoms with van der Waals surface area (Å²) in [7, 11) is -4.19. The van der Waals surface area contributed by atoms with Crippen molar-refractivity contribution < 1.29 is 27.5 Å². The second-order valence-electron chi connectivity index (χ2n) is 9.80. The van der Waals surface area contributed by atoms with E-state index in [4.69, 9.17) is 21.1 Å². The number of hydrogen-bond donors (Lipinski definition) is 1. The maximum atomic E-state index is 14.0. The lowest BCUT2D eigenvalue weighted by Crippen LogP contribution is -2.52. The fraction of sp³-hybridized carbons (Fsp3) is 0.333. The number of ether oxygens (including phenoxy) is 2. The summed E-state index contributed by atoms with van der Waals surface area (Å²) < 4.78 is 40.2. The summed E-state index contributed by atoms with van der Waals surface area (Å²) in [6.07, 6.45) is 0.716. The van der Waals surface area contributed by atoms with E-state index in [0.29, 0.717) is 41.7 Å².